The van der Waals surface area contributed by atoms with Crippen LogP contribution in [0.3, 0.4) is 0 Å². The standard InChI is InChI=1S/C10H20GeO2/c1-8(2)9(12)13-11(6,7)10(3,4)5/h1H2,2-7H3. The molecular formula is C10H20GeO2. The van der Waals surface area contributed by atoms with Crippen molar-refractivity contribution in [2.45, 2.75) is 43.5 Å². The molecule has 0 radical (unpaired) electrons. The Morgan fingerprint density at radius 1 is 1.31 bits per heavy atom. The molecule has 76 valence electrons. The van der Waals surface area contributed by atoms with Crippen molar-refractivity contribution in [1.82, 2.24) is 0 Å². The van der Waals surface area contributed by atoms with E-state index >= 15 is 0 Å². The second-order valence-electron chi connectivity index (χ2n) is 4.93. The van der Waals surface area contributed by atoms with Crippen LogP contribution in [0.25, 0.3) is 0 Å². The molecule has 0 unspecified atom stereocenters. The Balaban J connectivity index is 4.53. The summed E-state index contributed by atoms with van der Waals surface area (Å²) in [6, 6.07) is 0. The van der Waals surface area contributed by atoms with Gasteiger partial charge in [-0.2, -0.15) is 0 Å². The van der Waals surface area contributed by atoms with Gasteiger partial charge in [-0.25, -0.2) is 0 Å². The van der Waals surface area contributed by atoms with Crippen LogP contribution in [0.4, 0.5) is 0 Å². The molecule has 0 bridgehead atoms. The van der Waals surface area contributed by atoms with E-state index in [9.17, 15) is 4.79 Å². The molecule has 2 nitrogen and oxygen atoms in total. The number of rotatable bonds is 2. The van der Waals surface area contributed by atoms with Crippen LogP contribution in [0.5, 0.6) is 0 Å². The molecule has 0 aliphatic rings. The molecule has 0 fully saturated rings. The summed E-state index contributed by atoms with van der Waals surface area (Å²) in [6.45, 7) is 11.6. The minimum absolute atomic E-state index is 0.116. The summed E-state index contributed by atoms with van der Waals surface area (Å²) < 4.78 is 5.63. The number of hydrogen-bond donors (Lipinski definition) is 0. The predicted molar refractivity (Wildman–Crippen MR) is 58.1 cm³/mol. The SMILES string of the molecule is C=C(C)C(=O)[O][Ge]([CH3])([CH3])[C](C)(C)C. The molecule has 0 aliphatic heterocycles. The van der Waals surface area contributed by atoms with Gasteiger partial charge >= 0.3 is 83.7 Å². The summed E-state index contributed by atoms with van der Waals surface area (Å²) in [6.07, 6.45) is 0. The molecular weight excluding hydrogens is 225 g/mol. The normalized spacial score (nSPS) is 12.5. The Kier molecular flexibility index (Phi) is 3.79. The summed E-state index contributed by atoms with van der Waals surface area (Å²) in [5.74, 6) is 3.96. The van der Waals surface area contributed by atoms with Crippen molar-refractivity contribution in [3.63, 3.8) is 0 Å². The molecule has 0 amide bonds. The van der Waals surface area contributed by atoms with Crippen LogP contribution in [0, 0.1) is 0 Å². The van der Waals surface area contributed by atoms with Gasteiger partial charge in [-0.05, 0) is 0 Å². The average Bonchev–Trinajstić information content (AvgIpc) is 1.83. The average molecular weight is 245 g/mol. The first kappa shape index (κ1) is 12.8. The number of hydrogen-bond acceptors (Lipinski definition) is 2. The Labute approximate surface area is 84.1 Å². The fourth-order valence-electron chi connectivity index (χ4n) is 0.472. The van der Waals surface area contributed by atoms with Gasteiger partial charge in [0.05, 0.1) is 0 Å². The zero-order chi connectivity index (χ0) is 10.9. The van der Waals surface area contributed by atoms with E-state index in [1.165, 1.54) is 0 Å². The molecule has 0 saturated carbocycles. The number of carbonyl (C=O) groups excluding carboxylic acids is 1. The van der Waals surface area contributed by atoms with Gasteiger partial charge in [0.1, 0.15) is 0 Å². The summed E-state index contributed by atoms with van der Waals surface area (Å²) in [5.41, 5.74) is 0.489. The van der Waals surface area contributed by atoms with Crippen molar-refractivity contribution in [3.05, 3.63) is 12.2 Å². The van der Waals surface area contributed by atoms with E-state index in [-0.39, 0.29) is 10.2 Å². The monoisotopic (exact) mass is 246 g/mol. The van der Waals surface area contributed by atoms with Crippen LogP contribution in [0.15, 0.2) is 12.2 Å². The fourth-order valence-corrected chi connectivity index (χ4v) is 2.45. The number of carbonyl (C=O) groups is 1. The second kappa shape index (κ2) is 3.86. The fraction of sp³-hybridized carbons (Fsp3) is 0.700. The molecule has 0 spiro atoms. The van der Waals surface area contributed by atoms with Gasteiger partial charge in [0.25, 0.3) is 0 Å². The first-order valence-corrected chi connectivity index (χ1v) is 10.6. The molecule has 13 heavy (non-hydrogen) atoms. The van der Waals surface area contributed by atoms with Gasteiger partial charge in [-0.15, -0.1) is 0 Å². The molecule has 0 aliphatic carbocycles. The van der Waals surface area contributed by atoms with Gasteiger partial charge in [-0.1, -0.05) is 0 Å². The summed E-state index contributed by atoms with van der Waals surface area (Å²) in [7, 11) is 0. The van der Waals surface area contributed by atoms with Crippen LogP contribution in [0.1, 0.15) is 27.7 Å². The third-order valence-corrected chi connectivity index (χ3v) is 11.5. The molecule has 0 atom stereocenters. The van der Waals surface area contributed by atoms with E-state index in [0.717, 1.165) is 0 Å². The van der Waals surface area contributed by atoms with Gasteiger partial charge in [0, 0.05) is 0 Å². The summed E-state index contributed by atoms with van der Waals surface area (Å²) >= 11 is -2.46. The van der Waals surface area contributed by atoms with Crippen molar-refractivity contribution in [3.8, 4) is 0 Å². The van der Waals surface area contributed by atoms with Gasteiger partial charge in [0.15, 0.2) is 0 Å². The van der Waals surface area contributed by atoms with Gasteiger partial charge in [0.2, 0.25) is 0 Å². The van der Waals surface area contributed by atoms with E-state index in [1.54, 1.807) is 6.92 Å². The maximum atomic E-state index is 11.3. The van der Waals surface area contributed by atoms with E-state index in [4.69, 9.17) is 3.76 Å². The van der Waals surface area contributed by atoms with Crippen molar-refractivity contribution in [2.75, 3.05) is 0 Å². The first-order valence-electron chi connectivity index (χ1n) is 4.47. The van der Waals surface area contributed by atoms with Crippen LogP contribution in [0.2, 0.25) is 15.8 Å². The molecule has 0 saturated heterocycles. The van der Waals surface area contributed by atoms with Crippen LogP contribution in [-0.2, 0) is 8.56 Å². The Hall–Kier alpha value is -0.247. The first-order chi connectivity index (χ1) is 5.58. The molecule has 0 aromatic heterocycles. The maximum absolute atomic E-state index is 11.3. The van der Waals surface area contributed by atoms with Crippen molar-refractivity contribution < 1.29 is 8.56 Å². The van der Waals surface area contributed by atoms with E-state index in [0.29, 0.717) is 5.57 Å². The van der Waals surface area contributed by atoms with Crippen molar-refractivity contribution >= 4 is 19.6 Å². The van der Waals surface area contributed by atoms with Crippen LogP contribution in [-0.4, -0.2) is 19.6 Å². The van der Waals surface area contributed by atoms with E-state index in [1.807, 2.05) is 0 Å². The minimum atomic E-state index is -2.46. The van der Waals surface area contributed by atoms with Crippen LogP contribution < -0.4 is 0 Å². The summed E-state index contributed by atoms with van der Waals surface area (Å²) in [5, 5.41) is 0. The predicted octanol–water partition coefficient (Wildman–Crippen LogP) is 3.11. The van der Waals surface area contributed by atoms with Gasteiger partial charge in [-0.3, -0.25) is 0 Å². The quantitative estimate of drug-likeness (QED) is 0.551. The van der Waals surface area contributed by atoms with E-state index < -0.39 is 13.6 Å². The Morgan fingerprint density at radius 3 is 1.92 bits per heavy atom. The summed E-state index contributed by atoms with van der Waals surface area (Å²) in [4.78, 5) is 11.3. The Morgan fingerprint density at radius 2 is 1.69 bits per heavy atom. The zero-order valence-electron chi connectivity index (χ0n) is 9.52. The molecule has 0 aromatic rings. The molecule has 0 heterocycles. The second-order valence-corrected chi connectivity index (χ2v) is 14.8. The van der Waals surface area contributed by atoms with Crippen molar-refractivity contribution in [1.29, 1.82) is 0 Å². The molecule has 0 rings (SSSR count). The van der Waals surface area contributed by atoms with Crippen molar-refractivity contribution in [2.24, 2.45) is 0 Å². The molecule has 0 aromatic carbocycles. The van der Waals surface area contributed by atoms with Gasteiger partial charge < -0.3 is 0 Å². The molecule has 0 N–H and O–H groups in total. The van der Waals surface area contributed by atoms with E-state index in [2.05, 4.69) is 38.9 Å². The van der Waals surface area contributed by atoms with Crippen LogP contribution >= 0.6 is 0 Å². The zero-order valence-corrected chi connectivity index (χ0v) is 11.6. The Bertz CT molecular complexity index is 224. The topological polar surface area (TPSA) is 26.3 Å². The third-order valence-electron chi connectivity index (χ3n) is 2.50. The third kappa shape index (κ3) is 3.55. The molecule has 3 heteroatoms.